The molecule has 0 aromatic heterocycles. The molecule has 0 bridgehead atoms. The molecule has 0 heterocycles. The van der Waals surface area contributed by atoms with Crippen LogP contribution in [-0.2, 0) is 53.6 Å². The second-order valence-corrected chi connectivity index (χ2v) is 15.3. The van der Waals surface area contributed by atoms with Gasteiger partial charge in [-0.1, -0.05) is 107 Å². The Morgan fingerprint density at radius 1 is 0.545 bits per heavy atom. The maximum atomic E-state index is 12.4. The third kappa shape index (κ3) is 12.4. The molecule has 0 atom stereocenters. The summed E-state index contributed by atoms with van der Waals surface area (Å²) < 4.78 is 9.51. The molecule has 0 radical (unpaired) electrons. The molecule has 0 aliphatic rings. The van der Waals surface area contributed by atoms with Crippen LogP contribution in [0.1, 0.15) is 135 Å². The third-order valence-electron chi connectivity index (χ3n) is 7.20. The van der Waals surface area contributed by atoms with Gasteiger partial charge in [-0.25, -0.2) is 4.79 Å². The van der Waals surface area contributed by atoms with Crippen molar-refractivity contribution in [2.24, 2.45) is 0 Å². The zero-order valence-corrected chi connectivity index (χ0v) is 33.4. The molecule has 0 saturated heterocycles. The second-order valence-electron chi connectivity index (χ2n) is 15.3. The van der Waals surface area contributed by atoms with Crippen molar-refractivity contribution in [1.82, 2.24) is 0 Å². The average molecular weight is 667 g/mol. The Morgan fingerprint density at radius 3 is 0.977 bits per heavy atom. The van der Waals surface area contributed by atoms with E-state index in [1.807, 2.05) is 107 Å². The van der Waals surface area contributed by atoms with Gasteiger partial charge in [0.25, 0.3) is 0 Å². The maximum Gasteiger partial charge on any atom is 2.00 e. The fourth-order valence-electron chi connectivity index (χ4n) is 4.77. The van der Waals surface area contributed by atoms with E-state index in [4.69, 9.17) is 9.47 Å². The van der Waals surface area contributed by atoms with Crippen molar-refractivity contribution in [2.45, 2.75) is 130 Å². The Balaban J connectivity index is -0.00000103. The summed E-state index contributed by atoms with van der Waals surface area (Å²) in [4.78, 5) is 37.0. The van der Waals surface area contributed by atoms with Crippen LogP contribution in [0.5, 0.6) is 11.5 Å². The topological polar surface area (TPSA) is 110 Å². The number of aromatic hydroxyl groups is 2. The van der Waals surface area contributed by atoms with Gasteiger partial charge >= 0.3 is 93.6 Å². The SMILES string of the molecule is CC(C)(C)c1cc(CCC(=O)OC(=O)OC(=O)CCc2cc(C(C)(C)C)c(O)c(C(C)(C)C)c2)cc(C(C)(C)C)c1O.[Ca+2].[Ca+2].[H-].[H-].[H-].[H-]. The van der Waals surface area contributed by atoms with Crippen molar-refractivity contribution in [1.29, 1.82) is 0 Å². The van der Waals surface area contributed by atoms with Gasteiger partial charge < -0.3 is 25.4 Å². The summed E-state index contributed by atoms with van der Waals surface area (Å²) >= 11 is 0. The minimum atomic E-state index is -1.35. The van der Waals surface area contributed by atoms with Crippen molar-refractivity contribution in [3.8, 4) is 11.5 Å². The van der Waals surface area contributed by atoms with Crippen molar-refractivity contribution in [3.05, 3.63) is 57.6 Å². The van der Waals surface area contributed by atoms with E-state index in [-0.39, 0.29) is 127 Å². The molecular weight excluding hydrogens is 613 g/mol. The van der Waals surface area contributed by atoms with E-state index < -0.39 is 18.1 Å². The van der Waals surface area contributed by atoms with E-state index in [0.29, 0.717) is 12.8 Å². The Hall–Kier alpha value is -0.831. The predicted octanol–water partition coefficient (Wildman–Crippen LogP) is 7.75. The molecule has 0 unspecified atom stereocenters. The van der Waals surface area contributed by atoms with Gasteiger partial charge in [0.05, 0.1) is 12.8 Å². The van der Waals surface area contributed by atoms with Crippen LogP contribution in [0.3, 0.4) is 0 Å². The van der Waals surface area contributed by atoms with Crippen LogP contribution in [0.2, 0.25) is 0 Å². The molecule has 0 fully saturated rings. The molecule has 44 heavy (non-hydrogen) atoms. The molecule has 9 heteroatoms. The van der Waals surface area contributed by atoms with Gasteiger partial charge in [-0.2, -0.15) is 0 Å². The van der Waals surface area contributed by atoms with Crippen molar-refractivity contribution in [2.75, 3.05) is 0 Å². The van der Waals surface area contributed by atoms with Gasteiger partial charge in [0.15, 0.2) is 0 Å². The number of carbonyl (C=O) groups is 3. The molecule has 0 spiro atoms. The number of phenolic OH excluding ortho intramolecular Hbond substituents is 2. The Bertz CT molecular complexity index is 1180. The minimum Gasteiger partial charge on any atom is -1.00 e. The van der Waals surface area contributed by atoms with E-state index in [1.165, 1.54) is 0 Å². The zero-order chi connectivity index (χ0) is 32.4. The summed E-state index contributed by atoms with van der Waals surface area (Å²) in [5, 5.41) is 21.8. The number of carbonyl (C=O) groups excluding carboxylic acids is 3. The van der Waals surface area contributed by atoms with Crippen LogP contribution in [0.25, 0.3) is 0 Å². The molecule has 0 amide bonds. The summed E-state index contributed by atoms with van der Waals surface area (Å²) in [5.41, 5.74) is 3.54. The first-order valence-corrected chi connectivity index (χ1v) is 14.6. The number of esters is 2. The van der Waals surface area contributed by atoms with E-state index in [1.54, 1.807) is 0 Å². The van der Waals surface area contributed by atoms with Crippen molar-refractivity contribution >= 4 is 93.6 Å². The fraction of sp³-hybridized carbons (Fsp3) is 0.571. The minimum absolute atomic E-state index is 0. The average Bonchev–Trinajstić information content (AvgIpc) is 2.79. The first-order chi connectivity index (χ1) is 18.9. The van der Waals surface area contributed by atoms with Gasteiger partial charge in [0.1, 0.15) is 11.5 Å². The van der Waals surface area contributed by atoms with Gasteiger partial charge in [-0.05, 0) is 67.9 Å². The molecule has 2 N–H and O–H groups in total. The van der Waals surface area contributed by atoms with Crippen LogP contribution >= 0.6 is 0 Å². The quantitative estimate of drug-likeness (QED) is 0.184. The molecular formula is C35H54Ca2O7. The summed E-state index contributed by atoms with van der Waals surface area (Å²) in [6, 6.07) is 7.50. The van der Waals surface area contributed by atoms with Crippen LogP contribution in [0, 0.1) is 0 Å². The summed E-state index contributed by atoms with van der Waals surface area (Å²) in [6.45, 7) is 24.1. The Labute approximate surface area is 329 Å². The summed E-state index contributed by atoms with van der Waals surface area (Å²) in [6.07, 6.45) is -0.961. The van der Waals surface area contributed by atoms with Crippen LogP contribution in [0.15, 0.2) is 24.3 Å². The monoisotopic (exact) mass is 666 g/mol. The number of benzene rings is 2. The van der Waals surface area contributed by atoms with E-state index in [9.17, 15) is 24.6 Å². The standard InChI is InChI=1S/C35H50O7.2Ca.4H/c1-32(2,3)23-17-21(18-24(29(23)38)33(4,5)6)13-15-27(36)41-31(40)42-28(37)16-14-22-19-25(34(7,8)9)30(39)26(20-22)35(10,11)12;;;;;;/h17-20,38-39H,13-16H2,1-12H3;;;;;;/q;2*+2;4*-1. The van der Waals surface area contributed by atoms with Gasteiger partial charge in [-0.15, -0.1) is 0 Å². The van der Waals surface area contributed by atoms with Gasteiger partial charge in [0, 0.05) is 0 Å². The summed E-state index contributed by atoms with van der Waals surface area (Å²) in [5.74, 6) is -1.11. The molecule has 2 aromatic rings. The van der Waals surface area contributed by atoms with Crippen LogP contribution < -0.4 is 0 Å². The Kier molecular flexibility index (Phi) is 16.0. The van der Waals surface area contributed by atoms with Crippen molar-refractivity contribution in [3.63, 3.8) is 0 Å². The Morgan fingerprint density at radius 2 is 0.773 bits per heavy atom. The molecule has 2 rings (SSSR count). The largest absolute Gasteiger partial charge is 2.00 e. The molecule has 2 aromatic carbocycles. The number of phenols is 2. The summed E-state index contributed by atoms with van der Waals surface area (Å²) in [7, 11) is 0. The second kappa shape index (κ2) is 16.3. The first-order valence-electron chi connectivity index (χ1n) is 14.6. The number of hydrogen-bond acceptors (Lipinski definition) is 7. The fourth-order valence-corrected chi connectivity index (χ4v) is 4.77. The number of aryl methyl sites for hydroxylation is 2. The maximum absolute atomic E-state index is 12.4. The molecule has 7 nitrogen and oxygen atoms in total. The number of ether oxygens (including phenoxy) is 2. The molecule has 0 saturated carbocycles. The van der Waals surface area contributed by atoms with E-state index in [0.717, 1.165) is 33.4 Å². The third-order valence-corrected chi connectivity index (χ3v) is 7.20. The van der Waals surface area contributed by atoms with Gasteiger partial charge in [0.2, 0.25) is 0 Å². The first kappa shape index (κ1) is 43.2. The molecule has 0 aliphatic heterocycles. The molecule has 240 valence electrons. The van der Waals surface area contributed by atoms with E-state index >= 15 is 0 Å². The predicted molar refractivity (Wildman–Crippen MR) is 181 cm³/mol. The van der Waals surface area contributed by atoms with Gasteiger partial charge in [-0.3, -0.25) is 9.59 Å². The van der Waals surface area contributed by atoms with E-state index in [2.05, 4.69) is 0 Å². The normalized spacial score (nSPS) is 12.1. The van der Waals surface area contributed by atoms with Crippen LogP contribution in [0.4, 0.5) is 4.79 Å². The number of hydrogen-bond donors (Lipinski definition) is 2. The van der Waals surface area contributed by atoms with Crippen LogP contribution in [-0.4, -0.2) is 104 Å². The molecule has 0 aliphatic carbocycles. The van der Waals surface area contributed by atoms with Crippen molar-refractivity contribution < 1.29 is 39.8 Å². The zero-order valence-electron chi connectivity index (χ0n) is 33.0. The smallest absolute Gasteiger partial charge is 1.00 e. The number of rotatable bonds is 6.